The lowest BCUT2D eigenvalue weighted by molar-refractivity contribution is 0.0697. The van der Waals surface area contributed by atoms with E-state index in [0.717, 1.165) is 51.5 Å². The molecule has 0 aliphatic carbocycles. The first-order valence-corrected chi connectivity index (χ1v) is 11.2. The third-order valence-corrected chi connectivity index (χ3v) is 6.32. The smallest absolute Gasteiger partial charge is 0.335 e. The summed E-state index contributed by atoms with van der Waals surface area (Å²) in [5.74, 6) is 1.86. The third-order valence-electron chi connectivity index (χ3n) is 5.23. The van der Waals surface area contributed by atoms with Crippen LogP contribution in [0.1, 0.15) is 34.1 Å². The summed E-state index contributed by atoms with van der Waals surface area (Å²) in [6.45, 7) is 2.97. The number of anilines is 1. The van der Waals surface area contributed by atoms with Crippen molar-refractivity contribution in [1.82, 2.24) is 9.97 Å². The van der Waals surface area contributed by atoms with E-state index in [4.69, 9.17) is 24.5 Å². The lowest BCUT2D eigenvalue weighted by Gasteiger charge is -2.10. The number of rotatable bonds is 7. The summed E-state index contributed by atoms with van der Waals surface area (Å²) in [5.41, 5.74) is 2.06. The Bertz CT molecular complexity index is 1300. The Labute approximate surface area is 188 Å². The van der Waals surface area contributed by atoms with Crippen LogP contribution >= 0.6 is 11.3 Å². The number of fused-ring (bicyclic) bond motifs is 2. The summed E-state index contributed by atoms with van der Waals surface area (Å²) in [6.07, 6.45) is 2.05. The summed E-state index contributed by atoms with van der Waals surface area (Å²) < 4.78 is 10.9. The minimum atomic E-state index is -0.957. The van der Waals surface area contributed by atoms with Crippen molar-refractivity contribution in [2.75, 3.05) is 12.1 Å². The normalized spacial score (nSPS) is 12.3. The molecule has 4 aromatic rings. The molecule has 162 valence electrons. The highest BCUT2D eigenvalue weighted by Gasteiger charge is 2.16. The fourth-order valence-corrected chi connectivity index (χ4v) is 4.73. The van der Waals surface area contributed by atoms with Crippen molar-refractivity contribution in [2.24, 2.45) is 0 Å². The molecule has 0 unspecified atom stereocenters. The summed E-state index contributed by atoms with van der Waals surface area (Å²) in [7, 11) is 0. The van der Waals surface area contributed by atoms with Gasteiger partial charge in [-0.25, -0.2) is 14.8 Å². The summed E-state index contributed by atoms with van der Waals surface area (Å²) in [6, 6.07) is 14.7. The van der Waals surface area contributed by atoms with Crippen LogP contribution in [-0.4, -0.2) is 27.8 Å². The molecule has 2 aromatic heterocycles. The first-order chi connectivity index (χ1) is 15.6. The minimum absolute atomic E-state index is 0.234. The van der Waals surface area contributed by atoms with Crippen LogP contribution < -0.4 is 14.8 Å². The second-order valence-corrected chi connectivity index (χ2v) is 8.62. The Hall–Kier alpha value is -3.65. The first kappa shape index (κ1) is 20.3. The van der Waals surface area contributed by atoms with Crippen molar-refractivity contribution < 1.29 is 19.4 Å². The van der Waals surface area contributed by atoms with Crippen molar-refractivity contribution in [1.29, 1.82) is 0 Å². The number of nitrogens with one attached hydrogen (secondary N) is 1. The molecule has 0 amide bonds. The van der Waals surface area contributed by atoms with Gasteiger partial charge in [-0.1, -0.05) is 31.5 Å². The van der Waals surface area contributed by atoms with Crippen molar-refractivity contribution >= 4 is 33.3 Å². The van der Waals surface area contributed by atoms with Gasteiger partial charge in [0.1, 0.15) is 10.6 Å². The molecule has 0 spiro atoms. The Balaban J connectivity index is 1.49. The molecule has 2 aromatic carbocycles. The Morgan fingerprint density at radius 1 is 1.09 bits per heavy atom. The average molecular weight is 448 g/mol. The number of carbonyl (C=O) groups is 1. The van der Waals surface area contributed by atoms with E-state index in [-0.39, 0.29) is 12.4 Å². The van der Waals surface area contributed by atoms with Crippen molar-refractivity contribution in [3.05, 3.63) is 64.5 Å². The van der Waals surface area contributed by atoms with Gasteiger partial charge >= 0.3 is 5.97 Å². The Kier molecular flexibility index (Phi) is 5.36. The fourth-order valence-electron chi connectivity index (χ4n) is 3.60. The van der Waals surface area contributed by atoms with Gasteiger partial charge in [-0.15, -0.1) is 11.3 Å². The number of hydrogen-bond donors (Lipinski definition) is 2. The van der Waals surface area contributed by atoms with Crippen LogP contribution in [0.2, 0.25) is 0 Å². The predicted molar refractivity (Wildman–Crippen MR) is 124 cm³/mol. The number of aromatic carboxylic acids is 1. The zero-order chi connectivity index (χ0) is 22.1. The van der Waals surface area contributed by atoms with Gasteiger partial charge in [0.15, 0.2) is 17.3 Å². The standard InChI is InChI=1S/C24H21N3O4S/c1-2-3-17-11-18-22(25-12-14-4-9-19-20(10-14)31-13-30-19)26-21(27-23(18)32-17)15-5-7-16(8-6-15)24(28)29/h4-11H,2-3,12-13H2,1H3,(H,28,29)(H,25,26,27). The average Bonchev–Trinajstić information content (AvgIpc) is 3.43. The maximum absolute atomic E-state index is 11.2. The van der Waals surface area contributed by atoms with Crippen LogP contribution in [-0.2, 0) is 13.0 Å². The Morgan fingerprint density at radius 3 is 2.69 bits per heavy atom. The number of carboxylic acid groups (broad SMARTS) is 1. The van der Waals surface area contributed by atoms with Gasteiger partial charge in [0.05, 0.1) is 10.9 Å². The molecule has 5 rings (SSSR count). The van der Waals surface area contributed by atoms with Gasteiger partial charge in [0.25, 0.3) is 0 Å². The molecule has 1 aliphatic heterocycles. The largest absolute Gasteiger partial charge is 0.478 e. The zero-order valence-electron chi connectivity index (χ0n) is 17.4. The molecule has 32 heavy (non-hydrogen) atoms. The molecule has 0 radical (unpaired) electrons. The number of benzene rings is 2. The van der Waals surface area contributed by atoms with E-state index in [1.807, 2.05) is 18.2 Å². The van der Waals surface area contributed by atoms with Crippen molar-refractivity contribution in [3.8, 4) is 22.9 Å². The molecule has 3 heterocycles. The van der Waals surface area contributed by atoms with Gasteiger partial charge in [0, 0.05) is 17.0 Å². The summed E-state index contributed by atoms with van der Waals surface area (Å²) in [4.78, 5) is 22.9. The van der Waals surface area contributed by atoms with Crippen LogP contribution in [0, 0.1) is 0 Å². The van der Waals surface area contributed by atoms with Crippen LogP contribution in [0.3, 0.4) is 0 Å². The van der Waals surface area contributed by atoms with Gasteiger partial charge < -0.3 is 19.9 Å². The lowest BCUT2D eigenvalue weighted by atomic mass is 10.1. The van der Waals surface area contributed by atoms with E-state index in [2.05, 4.69) is 18.3 Å². The van der Waals surface area contributed by atoms with Gasteiger partial charge in [-0.05, 0) is 42.3 Å². The van der Waals surface area contributed by atoms with E-state index in [9.17, 15) is 4.79 Å². The van der Waals surface area contributed by atoms with Gasteiger partial charge in [-0.2, -0.15) is 0 Å². The van der Waals surface area contributed by atoms with Gasteiger partial charge in [-0.3, -0.25) is 0 Å². The van der Waals surface area contributed by atoms with E-state index in [1.165, 1.54) is 4.88 Å². The molecule has 0 bridgehead atoms. The number of carboxylic acids is 1. The molecule has 0 atom stereocenters. The maximum Gasteiger partial charge on any atom is 0.335 e. The molecule has 7 nitrogen and oxygen atoms in total. The van der Waals surface area contributed by atoms with E-state index < -0.39 is 5.97 Å². The maximum atomic E-state index is 11.2. The molecule has 1 aliphatic rings. The number of thiophene rings is 1. The monoisotopic (exact) mass is 447 g/mol. The van der Waals surface area contributed by atoms with Crippen molar-refractivity contribution in [2.45, 2.75) is 26.3 Å². The number of hydrogen-bond acceptors (Lipinski definition) is 7. The summed E-state index contributed by atoms with van der Waals surface area (Å²) in [5, 5.41) is 13.6. The number of ether oxygens (including phenoxy) is 2. The van der Waals surface area contributed by atoms with E-state index in [0.29, 0.717) is 12.4 Å². The SMILES string of the molecule is CCCc1cc2c(NCc3ccc4c(c3)OCO4)nc(-c3ccc(C(=O)O)cc3)nc2s1. The molecule has 2 N–H and O–H groups in total. The van der Waals surface area contributed by atoms with Gasteiger partial charge in [0.2, 0.25) is 6.79 Å². The zero-order valence-corrected chi connectivity index (χ0v) is 18.2. The molecule has 0 saturated carbocycles. The molecule has 0 fully saturated rings. The Morgan fingerprint density at radius 2 is 1.91 bits per heavy atom. The van der Waals surface area contributed by atoms with Crippen LogP contribution in [0.5, 0.6) is 11.5 Å². The lowest BCUT2D eigenvalue weighted by Crippen LogP contribution is -2.04. The number of aromatic nitrogens is 2. The van der Waals surface area contributed by atoms with E-state index >= 15 is 0 Å². The first-order valence-electron chi connectivity index (χ1n) is 10.4. The highest BCUT2D eigenvalue weighted by atomic mass is 32.1. The van der Waals surface area contributed by atoms with Crippen LogP contribution in [0.4, 0.5) is 5.82 Å². The topological polar surface area (TPSA) is 93.6 Å². The van der Waals surface area contributed by atoms with Crippen LogP contribution in [0.15, 0.2) is 48.5 Å². The highest BCUT2D eigenvalue weighted by molar-refractivity contribution is 7.18. The van der Waals surface area contributed by atoms with Crippen molar-refractivity contribution in [3.63, 3.8) is 0 Å². The number of nitrogens with zero attached hydrogens (tertiary/aromatic N) is 2. The molecule has 0 saturated heterocycles. The van der Waals surface area contributed by atoms with E-state index in [1.54, 1.807) is 35.6 Å². The summed E-state index contributed by atoms with van der Waals surface area (Å²) >= 11 is 1.67. The highest BCUT2D eigenvalue weighted by Crippen LogP contribution is 2.34. The fraction of sp³-hybridized carbons (Fsp3) is 0.208. The second kappa shape index (κ2) is 8.47. The minimum Gasteiger partial charge on any atom is -0.478 e. The molecule has 8 heteroatoms. The predicted octanol–water partition coefficient (Wildman–Crippen LogP) is 5.35. The third kappa shape index (κ3) is 3.97. The molecular weight excluding hydrogens is 426 g/mol. The number of aryl methyl sites for hydroxylation is 1. The quantitative estimate of drug-likeness (QED) is 0.394. The second-order valence-electron chi connectivity index (χ2n) is 7.50. The molecular formula is C24H21N3O4S. The van der Waals surface area contributed by atoms with Crippen LogP contribution in [0.25, 0.3) is 21.6 Å².